The summed E-state index contributed by atoms with van der Waals surface area (Å²) in [7, 11) is 1.57. The van der Waals surface area contributed by atoms with Crippen molar-refractivity contribution < 1.29 is 14.6 Å². The lowest BCUT2D eigenvalue weighted by molar-refractivity contribution is 0.281. The van der Waals surface area contributed by atoms with E-state index in [0.717, 1.165) is 5.56 Å². The van der Waals surface area contributed by atoms with E-state index in [1.165, 1.54) is 0 Å². The van der Waals surface area contributed by atoms with E-state index in [-0.39, 0.29) is 6.61 Å². The van der Waals surface area contributed by atoms with Crippen molar-refractivity contribution in [2.24, 2.45) is 0 Å². The van der Waals surface area contributed by atoms with Gasteiger partial charge in [0.15, 0.2) is 11.5 Å². The van der Waals surface area contributed by atoms with E-state index in [4.69, 9.17) is 19.8 Å². The number of ether oxygens (including phenoxy) is 2. The Morgan fingerprint density at radius 1 is 1.10 bits per heavy atom. The third-order valence-electron chi connectivity index (χ3n) is 2.89. The molecule has 2 aromatic carbocycles. The molecule has 1 N–H and O–H groups in total. The quantitative estimate of drug-likeness (QED) is 0.926. The number of hydrogen-bond donors (Lipinski definition) is 1. The molecule has 0 heterocycles. The Morgan fingerprint density at radius 3 is 2.50 bits per heavy atom. The first-order chi connectivity index (χ1) is 9.67. The van der Waals surface area contributed by atoms with Gasteiger partial charge < -0.3 is 14.6 Å². The first-order valence-electron chi connectivity index (χ1n) is 6.14. The molecule has 0 fully saturated rings. The fraction of sp³-hybridized carbons (Fsp3) is 0.188. The first kappa shape index (κ1) is 13.9. The van der Waals surface area contributed by atoms with Crippen LogP contribution in [-0.4, -0.2) is 12.2 Å². The van der Waals surface area contributed by atoms with Crippen LogP contribution in [0.25, 0.3) is 0 Å². The Kier molecular flexibility index (Phi) is 4.24. The van der Waals surface area contributed by atoms with Gasteiger partial charge in [0.1, 0.15) is 11.8 Å². The summed E-state index contributed by atoms with van der Waals surface area (Å²) in [5, 5.41) is 18.2. The van der Waals surface area contributed by atoms with Crippen LogP contribution >= 0.6 is 0 Å². The number of nitrogens with zero attached hydrogens (tertiary/aromatic N) is 1. The first-order valence-corrected chi connectivity index (χ1v) is 6.14. The SMILES string of the molecule is COc1cc(C)ccc1Oc1ccc(CO)cc1C#N. The van der Waals surface area contributed by atoms with Gasteiger partial charge in [-0.05, 0) is 42.3 Å². The van der Waals surface area contributed by atoms with Crippen molar-refractivity contribution in [1.29, 1.82) is 5.26 Å². The standard InChI is InChI=1S/C16H15NO3/c1-11-3-5-15(16(7-11)19-2)20-14-6-4-12(10-18)8-13(14)9-17/h3-8,18H,10H2,1-2H3. The van der Waals surface area contributed by atoms with Crippen LogP contribution in [0.3, 0.4) is 0 Å². The van der Waals surface area contributed by atoms with Crippen molar-refractivity contribution in [3.8, 4) is 23.3 Å². The van der Waals surface area contributed by atoms with E-state index >= 15 is 0 Å². The number of rotatable bonds is 4. The second-order valence-corrected chi connectivity index (χ2v) is 4.36. The van der Waals surface area contributed by atoms with Crippen molar-refractivity contribution in [2.75, 3.05) is 7.11 Å². The summed E-state index contributed by atoms with van der Waals surface area (Å²) in [6.45, 7) is 1.85. The number of aryl methyl sites for hydroxylation is 1. The minimum absolute atomic E-state index is 0.108. The molecule has 0 radical (unpaired) electrons. The summed E-state index contributed by atoms with van der Waals surface area (Å²) in [5.74, 6) is 1.60. The molecule has 2 rings (SSSR count). The lowest BCUT2D eigenvalue weighted by atomic mass is 10.1. The van der Waals surface area contributed by atoms with Gasteiger partial charge in [-0.3, -0.25) is 0 Å². The molecule has 0 saturated heterocycles. The van der Waals surface area contributed by atoms with Crippen molar-refractivity contribution >= 4 is 0 Å². The molecule has 4 nitrogen and oxygen atoms in total. The minimum atomic E-state index is -0.108. The molecule has 20 heavy (non-hydrogen) atoms. The summed E-state index contributed by atoms with van der Waals surface area (Å²) in [6, 6.07) is 12.6. The average molecular weight is 269 g/mol. The zero-order valence-electron chi connectivity index (χ0n) is 11.4. The zero-order valence-corrected chi connectivity index (χ0v) is 11.4. The number of aliphatic hydroxyl groups is 1. The fourth-order valence-corrected chi connectivity index (χ4v) is 1.83. The van der Waals surface area contributed by atoms with Gasteiger partial charge in [-0.1, -0.05) is 12.1 Å². The van der Waals surface area contributed by atoms with Gasteiger partial charge in [0, 0.05) is 0 Å². The summed E-state index contributed by atoms with van der Waals surface area (Å²) in [6.07, 6.45) is 0. The molecule has 102 valence electrons. The number of methoxy groups -OCH3 is 1. The van der Waals surface area contributed by atoms with Crippen LogP contribution in [0.1, 0.15) is 16.7 Å². The van der Waals surface area contributed by atoms with E-state index in [1.807, 2.05) is 19.1 Å². The van der Waals surface area contributed by atoms with Crippen molar-refractivity contribution in [3.05, 3.63) is 53.1 Å². The molecule has 0 aromatic heterocycles. The highest BCUT2D eigenvalue weighted by Gasteiger charge is 2.10. The van der Waals surface area contributed by atoms with Crippen molar-refractivity contribution in [1.82, 2.24) is 0 Å². The van der Waals surface area contributed by atoms with E-state index in [0.29, 0.717) is 28.4 Å². The maximum absolute atomic E-state index is 9.14. The second kappa shape index (κ2) is 6.09. The van der Waals surface area contributed by atoms with Gasteiger partial charge in [0.05, 0.1) is 19.3 Å². The van der Waals surface area contributed by atoms with E-state index in [1.54, 1.807) is 31.4 Å². The Hall–Kier alpha value is -2.51. The number of benzene rings is 2. The Morgan fingerprint density at radius 2 is 1.85 bits per heavy atom. The van der Waals surface area contributed by atoms with Gasteiger partial charge in [-0.25, -0.2) is 0 Å². The van der Waals surface area contributed by atoms with Crippen molar-refractivity contribution in [2.45, 2.75) is 13.5 Å². The number of aliphatic hydroxyl groups excluding tert-OH is 1. The molecular weight excluding hydrogens is 254 g/mol. The number of hydrogen-bond acceptors (Lipinski definition) is 4. The van der Waals surface area contributed by atoms with Crippen LogP contribution in [0.4, 0.5) is 0 Å². The Labute approximate surface area is 117 Å². The lowest BCUT2D eigenvalue weighted by Gasteiger charge is -2.12. The molecule has 4 heteroatoms. The van der Waals surface area contributed by atoms with Crippen LogP contribution < -0.4 is 9.47 Å². The second-order valence-electron chi connectivity index (χ2n) is 4.36. The van der Waals surface area contributed by atoms with Gasteiger partial charge in [-0.15, -0.1) is 0 Å². The molecule has 0 aliphatic heterocycles. The largest absolute Gasteiger partial charge is 0.493 e. The highest BCUT2D eigenvalue weighted by molar-refractivity contribution is 5.50. The average Bonchev–Trinajstić information content (AvgIpc) is 2.49. The van der Waals surface area contributed by atoms with Crippen LogP contribution in [0.15, 0.2) is 36.4 Å². The maximum Gasteiger partial charge on any atom is 0.169 e. The third-order valence-corrected chi connectivity index (χ3v) is 2.89. The van der Waals surface area contributed by atoms with Crippen LogP contribution in [0, 0.1) is 18.3 Å². The topological polar surface area (TPSA) is 62.5 Å². The molecule has 2 aromatic rings. The normalized spacial score (nSPS) is 9.90. The highest BCUT2D eigenvalue weighted by Crippen LogP contribution is 2.33. The van der Waals surface area contributed by atoms with Crippen LogP contribution in [0.2, 0.25) is 0 Å². The molecule has 0 spiro atoms. The molecular formula is C16H15NO3. The van der Waals surface area contributed by atoms with E-state index in [2.05, 4.69) is 6.07 Å². The predicted molar refractivity (Wildman–Crippen MR) is 74.9 cm³/mol. The summed E-state index contributed by atoms with van der Waals surface area (Å²) < 4.78 is 11.0. The van der Waals surface area contributed by atoms with Crippen molar-refractivity contribution in [3.63, 3.8) is 0 Å². The maximum atomic E-state index is 9.14. The molecule has 0 unspecified atom stereocenters. The van der Waals surface area contributed by atoms with E-state index in [9.17, 15) is 0 Å². The monoisotopic (exact) mass is 269 g/mol. The zero-order chi connectivity index (χ0) is 14.5. The Bertz CT molecular complexity index is 659. The van der Waals surface area contributed by atoms with Gasteiger partial charge >= 0.3 is 0 Å². The molecule has 0 aliphatic rings. The van der Waals surface area contributed by atoms with Gasteiger partial charge in [0.2, 0.25) is 0 Å². The molecule has 0 bridgehead atoms. The number of nitriles is 1. The van der Waals surface area contributed by atoms with E-state index < -0.39 is 0 Å². The smallest absolute Gasteiger partial charge is 0.169 e. The minimum Gasteiger partial charge on any atom is -0.493 e. The Balaban J connectivity index is 2.37. The summed E-state index contributed by atoms with van der Waals surface area (Å²) in [4.78, 5) is 0. The lowest BCUT2D eigenvalue weighted by Crippen LogP contribution is -1.94. The summed E-state index contributed by atoms with van der Waals surface area (Å²) in [5.41, 5.74) is 2.11. The summed E-state index contributed by atoms with van der Waals surface area (Å²) >= 11 is 0. The van der Waals surface area contributed by atoms with Gasteiger partial charge in [0.25, 0.3) is 0 Å². The molecule has 0 atom stereocenters. The fourth-order valence-electron chi connectivity index (χ4n) is 1.83. The highest BCUT2D eigenvalue weighted by atomic mass is 16.5. The molecule has 0 aliphatic carbocycles. The van der Waals surface area contributed by atoms with Crippen LogP contribution in [-0.2, 0) is 6.61 Å². The van der Waals surface area contributed by atoms with Gasteiger partial charge in [-0.2, -0.15) is 5.26 Å². The molecule has 0 amide bonds. The van der Waals surface area contributed by atoms with Crippen LogP contribution in [0.5, 0.6) is 17.2 Å². The third kappa shape index (κ3) is 2.90. The predicted octanol–water partition coefficient (Wildman–Crippen LogP) is 3.16. The molecule has 0 saturated carbocycles.